The van der Waals surface area contributed by atoms with Crippen molar-refractivity contribution >= 4 is 35.8 Å². The molecule has 0 radical (unpaired) electrons. The molecule has 0 aliphatic carbocycles. The number of hydrogen-bond acceptors (Lipinski definition) is 3. The number of guanidine groups is 1. The zero-order valence-electron chi connectivity index (χ0n) is 17.4. The minimum absolute atomic E-state index is 0. The summed E-state index contributed by atoms with van der Waals surface area (Å²) in [5, 5.41) is 3.33. The second-order valence-corrected chi connectivity index (χ2v) is 6.60. The van der Waals surface area contributed by atoms with Gasteiger partial charge in [0.15, 0.2) is 12.6 Å². The van der Waals surface area contributed by atoms with Crippen LogP contribution in [0.2, 0.25) is 0 Å². The molecular formula is C22H31IN4O2. The number of nitrogens with zero attached hydrogens (tertiary/aromatic N) is 2. The van der Waals surface area contributed by atoms with Gasteiger partial charge in [0.2, 0.25) is 0 Å². The lowest BCUT2D eigenvalue weighted by Crippen LogP contribution is -2.38. The molecule has 2 aromatic carbocycles. The highest BCUT2D eigenvalue weighted by Crippen LogP contribution is 2.14. The van der Waals surface area contributed by atoms with Crippen LogP contribution in [0.3, 0.4) is 0 Å². The third kappa shape index (κ3) is 8.72. The van der Waals surface area contributed by atoms with Crippen molar-refractivity contribution in [3.05, 3.63) is 65.2 Å². The van der Waals surface area contributed by atoms with Crippen LogP contribution >= 0.6 is 24.0 Å². The average Bonchev–Trinajstić information content (AvgIpc) is 2.70. The van der Waals surface area contributed by atoms with Crippen molar-refractivity contribution in [2.45, 2.75) is 33.4 Å². The summed E-state index contributed by atoms with van der Waals surface area (Å²) in [4.78, 5) is 17.7. The van der Waals surface area contributed by atoms with Crippen LogP contribution < -0.4 is 15.8 Å². The maximum absolute atomic E-state index is 10.9. The number of ether oxygens (including phenoxy) is 1. The van der Waals surface area contributed by atoms with E-state index in [9.17, 15) is 4.79 Å². The van der Waals surface area contributed by atoms with Crippen molar-refractivity contribution in [1.29, 1.82) is 0 Å². The number of carbonyl (C=O) groups excluding carboxylic acids is 1. The van der Waals surface area contributed by atoms with Gasteiger partial charge in [0, 0.05) is 20.1 Å². The third-order valence-electron chi connectivity index (χ3n) is 4.24. The molecule has 0 unspecified atom stereocenters. The number of aliphatic imine (C=N–C) groups is 1. The number of aryl methyl sites for hydroxylation is 1. The Hall–Kier alpha value is -2.29. The highest BCUT2D eigenvalue weighted by atomic mass is 127. The number of primary amides is 1. The Labute approximate surface area is 190 Å². The van der Waals surface area contributed by atoms with Crippen molar-refractivity contribution in [1.82, 2.24) is 10.2 Å². The van der Waals surface area contributed by atoms with Crippen LogP contribution in [0, 0.1) is 0 Å². The molecule has 0 fully saturated rings. The summed E-state index contributed by atoms with van der Waals surface area (Å²) < 4.78 is 5.36. The number of nitrogens with two attached hydrogens (primary N) is 1. The Balaban J connectivity index is 0.00000420. The Morgan fingerprint density at radius 1 is 1.10 bits per heavy atom. The third-order valence-corrected chi connectivity index (χ3v) is 4.24. The van der Waals surface area contributed by atoms with Crippen LogP contribution in [0.1, 0.15) is 30.5 Å². The monoisotopic (exact) mass is 510 g/mol. The first kappa shape index (κ1) is 24.7. The molecule has 0 spiro atoms. The first-order chi connectivity index (χ1) is 13.5. The van der Waals surface area contributed by atoms with E-state index in [1.165, 1.54) is 11.1 Å². The van der Waals surface area contributed by atoms with Gasteiger partial charge in [-0.2, -0.15) is 0 Å². The Morgan fingerprint density at radius 2 is 1.79 bits per heavy atom. The Kier molecular flexibility index (Phi) is 11.1. The SMILES string of the molecule is CCNC(=NCc1cccc(OCC(N)=O)c1)N(C)Cc1ccc(CC)cc1.I. The maximum Gasteiger partial charge on any atom is 0.255 e. The highest BCUT2D eigenvalue weighted by molar-refractivity contribution is 14.0. The molecule has 2 aromatic rings. The van der Waals surface area contributed by atoms with E-state index in [1.54, 1.807) is 6.07 Å². The van der Waals surface area contributed by atoms with E-state index in [1.807, 2.05) is 25.2 Å². The summed E-state index contributed by atoms with van der Waals surface area (Å²) in [5.41, 5.74) is 8.70. The quantitative estimate of drug-likeness (QED) is 0.308. The summed E-state index contributed by atoms with van der Waals surface area (Å²) in [6.45, 7) is 6.16. The van der Waals surface area contributed by atoms with Gasteiger partial charge in [-0.05, 0) is 42.2 Å². The number of benzene rings is 2. The van der Waals surface area contributed by atoms with Crippen LogP contribution in [-0.2, 0) is 24.3 Å². The molecule has 0 saturated carbocycles. The molecule has 29 heavy (non-hydrogen) atoms. The summed E-state index contributed by atoms with van der Waals surface area (Å²) in [6.07, 6.45) is 1.04. The fourth-order valence-corrected chi connectivity index (χ4v) is 2.75. The van der Waals surface area contributed by atoms with E-state index in [0.29, 0.717) is 12.3 Å². The fraction of sp³-hybridized carbons (Fsp3) is 0.364. The molecule has 1 amide bonds. The maximum atomic E-state index is 10.9. The van der Waals surface area contributed by atoms with Gasteiger partial charge < -0.3 is 20.7 Å². The van der Waals surface area contributed by atoms with Gasteiger partial charge in [-0.1, -0.05) is 43.3 Å². The van der Waals surface area contributed by atoms with E-state index in [2.05, 4.69) is 48.3 Å². The van der Waals surface area contributed by atoms with Crippen LogP contribution in [0.15, 0.2) is 53.5 Å². The fourth-order valence-electron chi connectivity index (χ4n) is 2.75. The minimum Gasteiger partial charge on any atom is -0.484 e. The minimum atomic E-state index is -0.494. The first-order valence-electron chi connectivity index (χ1n) is 9.59. The van der Waals surface area contributed by atoms with Crippen LogP contribution in [0.25, 0.3) is 0 Å². The van der Waals surface area contributed by atoms with Gasteiger partial charge in [-0.25, -0.2) is 4.99 Å². The largest absolute Gasteiger partial charge is 0.484 e. The second-order valence-electron chi connectivity index (χ2n) is 6.60. The van der Waals surface area contributed by atoms with E-state index in [0.717, 1.165) is 31.0 Å². The summed E-state index contributed by atoms with van der Waals surface area (Å²) in [7, 11) is 2.03. The predicted octanol–water partition coefficient (Wildman–Crippen LogP) is 3.33. The molecule has 0 aliphatic rings. The van der Waals surface area contributed by atoms with Gasteiger partial charge in [0.1, 0.15) is 5.75 Å². The van der Waals surface area contributed by atoms with Gasteiger partial charge in [-0.15, -0.1) is 24.0 Å². The lowest BCUT2D eigenvalue weighted by molar-refractivity contribution is -0.119. The van der Waals surface area contributed by atoms with E-state index >= 15 is 0 Å². The van der Waals surface area contributed by atoms with Gasteiger partial charge >= 0.3 is 0 Å². The molecule has 158 valence electrons. The average molecular weight is 510 g/mol. The Morgan fingerprint density at radius 3 is 2.41 bits per heavy atom. The van der Waals surface area contributed by atoms with Crippen molar-refractivity contribution in [2.24, 2.45) is 10.7 Å². The van der Waals surface area contributed by atoms with E-state index < -0.39 is 5.91 Å². The lowest BCUT2D eigenvalue weighted by Gasteiger charge is -2.22. The smallest absolute Gasteiger partial charge is 0.255 e. The number of halogens is 1. The van der Waals surface area contributed by atoms with Crippen molar-refractivity contribution in [3.8, 4) is 5.75 Å². The van der Waals surface area contributed by atoms with Crippen LogP contribution in [0.4, 0.5) is 0 Å². The zero-order valence-corrected chi connectivity index (χ0v) is 19.7. The normalized spacial score (nSPS) is 10.8. The number of nitrogens with one attached hydrogen (secondary N) is 1. The van der Waals surface area contributed by atoms with Gasteiger partial charge in [0.05, 0.1) is 6.54 Å². The molecule has 7 heteroatoms. The number of rotatable bonds is 9. The summed E-state index contributed by atoms with van der Waals surface area (Å²) >= 11 is 0. The van der Waals surface area contributed by atoms with Gasteiger partial charge in [0.25, 0.3) is 5.91 Å². The first-order valence-corrected chi connectivity index (χ1v) is 9.59. The predicted molar refractivity (Wildman–Crippen MR) is 129 cm³/mol. The van der Waals surface area contributed by atoms with Crippen LogP contribution in [0.5, 0.6) is 5.75 Å². The standard InChI is InChI=1S/C22H30N4O2.HI/c1-4-17-9-11-18(12-10-17)15-26(3)22(24-5-2)25-14-19-7-6-8-20(13-19)28-16-21(23)27;/h6-13H,4-5,14-16H2,1-3H3,(H2,23,27)(H,24,25);1H. The summed E-state index contributed by atoms with van der Waals surface area (Å²) in [6, 6.07) is 16.2. The molecule has 6 nitrogen and oxygen atoms in total. The van der Waals surface area contributed by atoms with Crippen molar-refractivity contribution in [2.75, 3.05) is 20.2 Å². The molecule has 2 rings (SSSR count). The molecule has 3 N–H and O–H groups in total. The highest BCUT2D eigenvalue weighted by Gasteiger charge is 2.07. The molecule has 0 bridgehead atoms. The lowest BCUT2D eigenvalue weighted by atomic mass is 10.1. The molecular weight excluding hydrogens is 479 g/mol. The number of hydrogen-bond donors (Lipinski definition) is 2. The number of carbonyl (C=O) groups is 1. The van der Waals surface area contributed by atoms with Crippen molar-refractivity contribution in [3.63, 3.8) is 0 Å². The molecule has 0 saturated heterocycles. The topological polar surface area (TPSA) is 80.0 Å². The van der Waals surface area contributed by atoms with Crippen molar-refractivity contribution < 1.29 is 9.53 Å². The van der Waals surface area contributed by atoms with Crippen LogP contribution in [-0.4, -0.2) is 37.0 Å². The summed E-state index contributed by atoms with van der Waals surface area (Å²) in [5.74, 6) is 0.956. The molecule has 0 aliphatic heterocycles. The second kappa shape index (κ2) is 13.0. The molecule has 0 atom stereocenters. The Bertz CT molecular complexity index is 794. The number of amides is 1. The zero-order chi connectivity index (χ0) is 20.4. The molecule has 0 aromatic heterocycles. The molecule has 0 heterocycles. The van der Waals surface area contributed by atoms with Gasteiger partial charge in [-0.3, -0.25) is 4.79 Å². The van der Waals surface area contributed by atoms with E-state index in [-0.39, 0.29) is 30.6 Å². The van der Waals surface area contributed by atoms with E-state index in [4.69, 9.17) is 15.5 Å².